The van der Waals surface area contributed by atoms with E-state index in [9.17, 15) is 87.8 Å². The Labute approximate surface area is 595 Å². The summed E-state index contributed by atoms with van der Waals surface area (Å²) in [6.45, 7) is 9.33. The molecule has 96 heavy (non-hydrogen) atoms. The number of fused-ring (bicyclic) bond motifs is 6. The van der Waals surface area contributed by atoms with E-state index in [4.69, 9.17) is 0 Å². The third-order valence-electron chi connectivity index (χ3n) is 14.5. The van der Waals surface area contributed by atoms with Gasteiger partial charge in [-0.1, -0.05) is 103 Å². The van der Waals surface area contributed by atoms with Gasteiger partial charge in [-0.2, -0.15) is 60.7 Å². The van der Waals surface area contributed by atoms with Crippen LogP contribution >= 0.6 is 15.8 Å². The molecule has 498 valence electrons. The van der Waals surface area contributed by atoms with Crippen LogP contribution in [0, 0.1) is 141 Å². The van der Waals surface area contributed by atoms with E-state index in [0.717, 1.165) is 12.8 Å². The average molecular weight is 1580 g/mol. The number of halogens is 22. The zero-order valence-corrected chi connectivity index (χ0v) is 58.5. The SMILES string of the molecule is CCP(CC)C1c2[c-]cccc2-c2ccccc21.CCP(CC)C1c2[c-]cccc2-c2ccccc21.Fc1c(F)c(F)c([B]c2c(F)c(F)c(F)c(F)c2F)c(F)c1F.Fc1c(F)c(F)c([B]c2c(F)c(F)c(F)c(F)c2F)c(F)c1F.[C-]1=CC=CC1.[C-]1=CC=CC1.[Cl-].[Cl-].[Zr+2].[Zr+2]. The molecular formula is C68H46B2Cl2F20P2Zr2-2. The topological polar surface area (TPSA) is 0 Å². The molecule has 2 radical (unpaired) electrons. The number of hydrogen-bond donors (Lipinski definition) is 0. The first-order chi connectivity index (χ1) is 43.9. The Morgan fingerprint density at radius 1 is 0.333 bits per heavy atom. The van der Waals surface area contributed by atoms with Gasteiger partial charge in [-0.25, -0.2) is 112 Å². The second kappa shape index (κ2) is 38.9. The monoisotopic (exact) mass is 1580 g/mol. The van der Waals surface area contributed by atoms with Gasteiger partial charge in [-0.05, 0) is 57.6 Å². The summed E-state index contributed by atoms with van der Waals surface area (Å²) in [6.07, 6.45) is 25.2. The molecule has 0 nitrogen and oxygen atoms in total. The summed E-state index contributed by atoms with van der Waals surface area (Å²) in [4.78, 5) is 0. The molecule has 0 saturated carbocycles. The molecule has 0 heterocycles. The second-order valence-corrected chi connectivity index (χ2v) is 25.6. The Hall–Kier alpha value is -5.34. The maximum atomic E-state index is 13.4. The zero-order chi connectivity index (χ0) is 67.4. The van der Waals surface area contributed by atoms with Crippen molar-refractivity contribution in [2.45, 2.75) is 51.9 Å². The molecule has 0 fully saturated rings. The number of rotatable bonds is 10. The molecule has 8 aromatic carbocycles. The summed E-state index contributed by atoms with van der Waals surface area (Å²) < 4.78 is 262. The molecule has 0 bridgehead atoms. The van der Waals surface area contributed by atoms with Crippen molar-refractivity contribution in [2.24, 2.45) is 0 Å². The van der Waals surface area contributed by atoms with Crippen LogP contribution in [0.15, 0.2) is 121 Å². The van der Waals surface area contributed by atoms with E-state index in [-0.39, 0.29) is 108 Å². The Morgan fingerprint density at radius 2 is 0.562 bits per heavy atom. The van der Waals surface area contributed by atoms with Crippen LogP contribution in [0.1, 0.15) is 74.1 Å². The summed E-state index contributed by atoms with van der Waals surface area (Å²) in [7, 11) is -0.661. The van der Waals surface area contributed by atoms with Crippen molar-refractivity contribution in [3.05, 3.63) is 284 Å². The van der Waals surface area contributed by atoms with E-state index in [1.54, 1.807) is 0 Å². The quantitative estimate of drug-likeness (QED) is 0.0320. The van der Waals surface area contributed by atoms with E-state index in [1.165, 1.54) is 69.2 Å². The van der Waals surface area contributed by atoms with Gasteiger partial charge in [0.1, 0.15) is 0 Å². The van der Waals surface area contributed by atoms with Crippen molar-refractivity contribution >= 4 is 52.3 Å². The van der Waals surface area contributed by atoms with Crippen LogP contribution in [-0.2, 0) is 52.4 Å². The van der Waals surface area contributed by atoms with E-state index >= 15 is 0 Å². The van der Waals surface area contributed by atoms with Crippen molar-refractivity contribution in [1.82, 2.24) is 0 Å². The third-order valence-corrected chi connectivity index (χ3v) is 20.3. The number of hydrogen-bond acceptors (Lipinski definition) is 0. The maximum Gasteiger partial charge on any atom is 2.00 e. The van der Waals surface area contributed by atoms with Crippen molar-refractivity contribution in [3.8, 4) is 22.3 Å². The van der Waals surface area contributed by atoms with E-state index < -0.39 is 138 Å². The Morgan fingerprint density at radius 3 is 0.771 bits per heavy atom. The molecular weight excluding hydrogens is 1530 g/mol. The van der Waals surface area contributed by atoms with Crippen molar-refractivity contribution in [2.75, 3.05) is 24.6 Å². The molecule has 4 aliphatic rings. The minimum absolute atomic E-state index is 0. The fourth-order valence-corrected chi connectivity index (χ4v) is 14.7. The van der Waals surface area contributed by atoms with Crippen LogP contribution in [-0.4, -0.2) is 39.2 Å². The molecule has 0 N–H and O–H groups in total. The van der Waals surface area contributed by atoms with Gasteiger partial charge in [-0.15, -0.1) is 35.1 Å². The Kier molecular flexibility index (Phi) is 34.4. The predicted molar refractivity (Wildman–Crippen MR) is 319 cm³/mol. The fourth-order valence-electron chi connectivity index (χ4n) is 9.99. The van der Waals surface area contributed by atoms with Crippen molar-refractivity contribution in [3.63, 3.8) is 0 Å². The summed E-state index contributed by atoms with van der Waals surface area (Å²) >= 11 is 0. The van der Waals surface area contributed by atoms with Gasteiger partial charge in [0.15, 0.2) is 116 Å². The Balaban J connectivity index is 0.000000314. The zero-order valence-electron chi connectivity index (χ0n) is 50.3. The maximum absolute atomic E-state index is 13.4. The number of allylic oxidation sites excluding steroid dienone is 8. The largest absolute Gasteiger partial charge is 2.00 e. The van der Waals surface area contributed by atoms with Gasteiger partial charge in [0.2, 0.25) is 14.6 Å². The van der Waals surface area contributed by atoms with Gasteiger partial charge < -0.3 is 24.8 Å². The van der Waals surface area contributed by atoms with Gasteiger partial charge in [-0.3, -0.25) is 12.2 Å². The van der Waals surface area contributed by atoms with E-state index in [2.05, 4.69) is 149 Å². The van der Waals surface area contributed by atoms with E-state index in [1.807, 2.05) is 24.3 Å². The summed E-state index contributed by atoms with van der Waals surface area (Å²) in [5.41, 5.74) is 5.43. The molecule has 28 heteroatoms. The van der Waals surface area contributed by atoms with Crippen LogP contribution in [0.5, 0.6) is 0 Å². The minimum atomic E-state index is -2.55. The minimum Gasteiger partial charge on any atom is -1.00 e. The molecule has 0 aliphatic heterocycles. The third kappa shape index (κ3) is 18.4. The van der Waals surface area contributed by atoms with Crippen LogP contribution in [0.25, 0.3) is 22.3 Å². The van der Waals surface area contributed by atoms with Crippen molar-refractivity contribution < 1.29 is 165 Å². The summed E-state index contributed by atoms with van der Waals surface area (Å²) in [5.74, 6) is -49.7. The normalized spacial score (nSPS) is 13.4. The fraction of sp³-hybridized carbons (Fsp3) is 0.176. The van der Waals surface area contributed by atoms with Gasteiger partial charge in [0.05, 0.1) is 0 Å². The molecule has 12 rings (SSSR count). The summed E-state index contributed by atoms with van der Waals surface area (Å²) in [5, 5.41) is 0. The van der Waals surface area contributed by atoms with Gasteiger partial charge in [0.25, 0.3) is 0 Å². The standard InChI is InChI=1S/2C17H18P.2C12BF10.2C5H5.2ClH.2Zr/c2*1-3-18(4-2)17-15-11-7-5-9-13(15)14-10-6-8-12-16(14)17;2*14-3-1(4(15)8(19)11(22)7(3)18)13-2-5(16)9(20)12(23)10(21)6(2)17;2*1-2-4-5-3-1;;;;/h2*5-11,17H,3-4H2,1-2H3;;;2*1-3H,4H2;2*1H;;/q2*-1;;;2*-1;;;2*+2/p-2. The second-order valence-electron chi connectivity index (χ2n) is 19.6. The van der Waals surface area contributed by atoms with Gasteiger partial charge in [0, 0.05) is 11.3 Å². The molecule has 0 amide bonds. The molecule has 2 unspecified atom stereocenters. The first kappa shape index (κ1) is 84.9. The first-order valence-corrected chi connectivity index (χ1v) is 31.3. The molecule has 0 spiro atoms. The number of benzene rings is 8. The average Bonchev–Trinajstić information content (AvgIpc) is 1.56. The van der Waals surface area contributed by atoms with Crippen LogP contribution in [0.3, 0.4) is 0 Å². The molecule has 4 aliphatic carbocycles. The van der Waals surface area contributed by atoms with Gasteiger partial charge >= 0.3 is 52.4 Å². The molecule has 8 aromatic rings. The van der Waals surface area contributed by atoms with E-state index in [0.29, 0.717) is 11.3 Å². The smallest absolute Gasteiger partial charge is 1.00 e. The first-order valence-electron chi connectivity index (χ1n) is 27.8. The van der Waals surface area contributed by atoms with Crippen LogP contribution < -0.4 is 46.7 Å². The molecule has 0 saturated heterocycles. The van der Waals surface area contributed by atoms with Crippen LogP contribution in [0.4, 0.5) is 87.8 Å². The van der Waals surface area contributed by atoms with Crippen molar-refractivity contribution in [1.29, 1.82) is 0 Å². The molecule has 2 atom stereocenters. The Bertz CT molecular complexity index is 3530. The summed E-state index contributed by atoms with van der Waals surface area (Å²) in [6, 6.07) is 37.7. The van der Waals surface area contributed by atoms with Crippen LogP contribution in [0.2, 0.25) is 0 Å². The predicted octanol–water partition coefficient (Wildman–Crippen LogP) is 12.2. The molecule has 0 aromatic heterocycles.